The normalized spacial score (nSPS) is 10.7. The molecule has 2 rings (SSSR count). The number of hydrogen-bond donors (Lipinski definition) is 1. The lowest BCUT2D eigenvalue weighted by atomic mass is 10.0. The number of hydrogen-bond acceptors (Lipinski definition) is 3. The van der Waals surface area contributed by atoms with E-state index in [4.69, 9.17) is 10.5 Å². The summed E-state index contributed by atoms with van der Waals surface area (Å²) in [5, 5.41) is 0.974. The first kappa shape index (κ1) is 10.7. The van der Waals surface area contributed by atoms with E-state index in [0.717, 1.165) is 40.0 Å². The summed E-state index contributed by atoms with van der Waals surface area (Å²) in [6, 6.07) is 5.78. The Balaban J connectivity index is 2.78. The molecule has 0 amide bonds. The molecule has 3 heteroatoms. The Morgan fingerprint density at radius 1 is 1.38 bits per heavy atom. The molecule has 2 N–H and O–H groups in total. The van der Waals surface area contributed by atoms with E-state index < -0.39 is 0 Å². The van der Waals surface area contributed by atoms with E-state index in [9.17, 15) is 0 Å². The van der Waals surface area contributed by atoms with Crippen LogP contribution >= 0.6 is 0 Å². The number of benzene rings is 1. The number of nitrogen functional groups attached to an aromatic ring is 1. The molecule has 0 radical (unpaired) electrons. The third kappa shape index (κ3) is 1.58. The van der Waals surface area contributed by atoms with Gasteiger partial charge < -0.3 is 10.5 Å². The van der Waals surface area contributed by atoms with E-state index >= 15 is 0 Å². The van der Waals surface area contributed by atoms with E-state index in [1.54, 1.807) is 7.11 Å². The molecule has 2 aromatic rings. The van der Waals surface area contributed by atoms with Gasteiger partial charge in [0.15, 0.2) is 0 Å². The van der Waals surface area contributed by atoms with Crippen LogP contribution in [0.2, 0.25) is 0 Å². The minimum atomic E-state index is 0.812. The molecule has 0 saturated heterocycles. The molecule has 0 aliphatic heterocycles. The number of fused-ring (bicyclic) bond motifs is 1. The highest BCUT2D eigenvalue weighted by atomic mass is 16.5. The Bertz CT molecular complexity index is 535. The first-order valence-corrected chi connectivity index (χ1v) is 5.40. The second-order valence-corrected chi connectivity index (χ2v) is 3.83. The van der Waals surface area contributed by atoms with Crippen molar-refractivity contribution in [1.29, 1.82) is 0 Å². The monoisotopic (exact) mass is 216 g/mol. The van der Waals surface area contributed by atoms with Gasteiger partial charge in [-0.2, -0.15) is 0 Å². The Morgan fingerprint density at radius 2 is 2.12 bits per heavy atom. The van der Waals surface area contributed by atoms with Gasteiger partial charge in [-0.15, -0.1) is 0 Å². The van der Waals surface area contributed by atoms with Gasteiger partial charge in [-0.25, -0.2) is 0 Å². The summed E-state index contributed by atoms with van der Waals surface area (Å²) in [5.74, 6) is 0.812. The fraction of sp³-hybridized carbons (Fsp3) is 0.308. The predicted molar refractivity (Wildman–Crippen MR) is 66.8 cm³/mol. The molecule has 1 aromatic heterocycles. The average molecular weight is 216 g/mol. The Labute approximate surface area is 95.2 Å². The van der Waals surface area contributed by atoms with Crippen LogP contribution in [0.4, 0.5) is 5.69 Å². The van der Waals surface area contributed by atoms with Crippen LogP contribution in [-0.4, -0.2) is 12.1 Å². The summed E-state index contributed by atoms with van der Waals surface area (Å²) in [4.78, 5) is 4.55. The van der Waals surface area contributed by atoms with Crippen molar-refractivity contribution < 1.29 is 4.74 Å². The van der Waals surface area contributed by atoms with Gasteiger partial charge >= 0.3 is 0 Å². The third-order valence-electron chi connectivity index (χ3n) is 2.90. The van der Waals surface area contributed by atoms with Crippen molar-refractivity contribution in [2.75, 3.05) is 12.8 Å². The zero-order valence-electron chi connectivity index (χ0n) is 9.87. The number of aryl methyl sites for hydroxylation is 1. The van der Waals surface area contributed by atoms with Crippen LogP contribution in [0.1, 0.15) is 18.2 Å². The molecule has 3 nitrogen and oxygen atoms in total. The fourth-order valence-electron chi connectivity index (χ4n) is 2.01. The number of rotatable bonds is 2. The molecular weight excluding hydrogens is 200 g/mol. The number of nitrogens with two attached hydrogens (primary N) is 1. The van der Waals surface area contributed by atoms with Crippen LogP contribution < -0.4 is 10.5 Å². The van der Waals surface area contributed by atoms with Crippen molar-refractivity contribution in [2.24, 2.45) is 0 Å². The van der Waals surface area contributed by atoms with E-state index in [1.807, 2.05) is 25.1 Å². The van der Waals surface area contributed by atoms with Crippen LogP contribution in [0, 0.1) is 6.92 Å². The summed E-state index contributed by atoms with van der Waals surface area (Å²) in [7, 11) is 1.65. The van der Waals surface area contributed by atoms with Crippen LogP contribution in [0.15, 0.2) is 18.2 Å². The van der Waals surface area contributed by atoms with Gasteiger partial charge in [0.05, 0.1) is 12.6 Å². The maximum absolute atomic E-state index is 6.16. The maximum atomic E-state index is 6.16. The van der Waals surface area contributed by atoms with E-state index in [0.29, 0.717) is 0 Å². The van der Waals surface area contributed by atoms with E-state index in [-0.39, 0.29) is 0 Å². The molecule has 0 fully saturated rings. The summed E-state index contributed by atoms with van der Waals surface area (Å²) in [5.41, 5.74) is 10.0. The third-order valence-corrected chi connectivity index (χ3v) is 2.90. The highest BCUT2D eigenvalue weighted by molar-refractivity contribution is 5.93. The summed E-state index contributed by atoms with van der Waals surface area (Å²) >= 11 is 0. The molecule has 0 spiro atoms. The lowest BCUT2D eigenvalue weighted by Gasteiger charge is -2.11. The summed E-state index contributed by atoms with van der Waals surface area (Å²) in [6.07, 6.45) is 0.901. The molecule has 16 heavy (non-hydrogen) atoms. The first-order chi connectivity index (χ1) is 7.67. The van der Waals surface area contributed by atoms with Crippen molar-refractivity contribution in [3.8, 4) is 5.75 Å². The summed E-state index contributed by atoms with van der Waals surface area (Å²) < 4.78 is 5.20. The Kier molecular flexibility index (Phi) is 2.69. The second-order valence-electron chi connectivity index (χ2n) is 3.83. The van der Waals surface area contributed by atoms with Crippen LogP contribution in [0.5, 0.6) is 5.75 Å². The van der Waals surface area contributed by atoms with Crippen molar-refractivity contribution in [2.45, 2.75) is 20.3 Å². The van der Waals surface area contributed by atoms with Crippen LogP contribution in [0.3, 0.4) is 0 Å². The first-order valence-electron chi connectivity index (χ1n) is 5.40. The number of anilines is 1. The van der Waals surface area contributed by atoms with Gasteiger partial charge in [0.25, 0.3) is 0 Å². The van der Waals surface area contributed by atoms with Crippen LogP contribution in [0.25, 0.3) is 10.9 Å². The SMILES string of the molecule is CCc1c(C)nc2ccc(OC)cc2c1N. The minimum Gasteiger partial charge on any atom is -0.497 e. The number of aromatic nitrogens is 1. The molecule has 84 valence electrons. The lowest BCUT2D eigenvalue weighted by Crippen LogP contribution is -2.00. The van der Waals surface area contributed by atoms with Crippen molar-refractivity contribution in [3.05, 3.63) is 29.5 Å². The smallest absolute Gasteiger partial charge is 0.119 e. The quantitative estimate of drug-likeness (QED) is 0.839. The van der Waals surface area contributed by atoms with Crippen LogP contribution in [-0.2, 0) is 6.42 Å². The summed E-state index contributed by atoms with van der Waals surface area (Å²) in [6.45, 7) is 4.09. The van der Waals surface area contributed by atoms with Gasteiger partial charge in [-0.1, -0.05) is 6.92 Å². The molecule has 0 aliphatic carbocycles. The van der Waals surface area contributed by atoms with E-state index in [1.165, 1.54) is 0 Å². The van der Waals surface area contributed by atoms with Crippen molar-refractivity contribution >= 4 is 16.6 Å². The molecular formula is C13H16N2O. The standard InChI is InChI=1S/C13H16N2O/c1-4-10-8(2)15-12-6-5-9(16-3)7-11(12)13(10)14/h5-7H,4H2,1-3H3,(H2,14,15). The van der Waals surface area contributed by atoms with Crippen molar-refractivity contribution in [1.82, 2.24) is 4.98 Å². The largest absolute Gasteiger partial charge is 0.497 e. The Hall–Kier alpha value is -1.77. The van der Waals surface area contributed by atoms with Gasteiger partial charge in [0, 0.05) is 16.8 Å². The van der Waals surface area contributed by atoms with E-state index in [2.05, 4.69) is 11.9 Å². The molecule has 0 unspecified atom stereocenters. The highest BCUT2D eigenvalue weighted by Gasteiger charge is 2.09. The number of pyridine rings is 1. The molecule has 0 atom stereocenters. The second kappa shape index (κ2) is 4.00. The maximum Gasteiger partial charge on any atom is 0.119 e. The van der Waals surface area contributed by atoms with Gasteiger partial charge in [-0.3, -0.25) is 4.98 Å². The van der Waals surface area contributed by atoms with Gasteiger partial charge in [-0.05, 0) is 37.1 Å². The molecule has 1 aromatic carbocycles. The highest BCUT2D eigenvalue weighted by Crippen LogP contribution is 2.28. The van der Waals surface area contributed by atoms with Gasteiger partial charge in [0.1, 0.15) is 5.75 Å². The Morgan fingerprint density at radius 3 is 2.75 bits per heavy atom. The minimum absolute atomic E-state index is 0.812. The lowest BCUT2D eigenvalue weighted by molar-refractivity contribution is 0.415. The average Bonchev–Trinajstić information content (AvgIpc) is 2.29. The predicted octanol–water partition coefficient (Wildman–Crippen LogP) is 2.70. The van der Waals surface area contributed by atoms with Crippen molar-refractivity contribution in [3.63, 3.8) is 0 Å². The number of methoxy groups -OCH3 is 1. The zero-order chi connectivity index (χ0) is 11.7. The number of ether oxygens (including phenoxy) is 1. The molecule has 1 heterocycles. The zero-order valence-corrected chi connectivity index (χ0v) is 9.87. The molecule has 0 bridgehead atoms. The molecule has 0 aliphatic rings. The fourth-order valence-corrected chi connectivity index (χ4v) is 2.01. The molecule has 0 saturated carbocycles. The number of nitrogens with zero attached hydrogens (tertiary/aromatic N) is 1. The van der Waals surface area contributed by atoms with Gasteiger partial charge in [0.2, 0.25) is 0 Å². The topological polar surface area (TPSA) is 48.1 Å².